The highest BCUT2D eigenvalue weighted by Crippen LogP contribution is 2.30. The third kappa shape index (κ3) is 6.11. The van der Waals surface area contributed by atoms with Gasteiger partial charge in [-0.3, -0.25) is 4.99 Å². The number of hydrogen-bond acceptors (Lipinski definition) is 4. The minimum absolute atomic E-state index is 0. The van der Waals surface area contributed by atoms with E-state index in [0.29, 0.717) is 30.4 Å². The summed E-state index contributed by atoms with van der Waals surface area (Å²) < 4.78 is 41.1. The van der Waals surface area contributed by atoms with Crippen LogP contribution in [0, 0.1) is 0 Å². The van der Waals surface area contributed by atoms with Gasteiger partial charge in [0.25, 0.3) is 0 Å². The molecule has 1 heterocycles. The van der Waals surface area contributed by atoms with Crippen molar-refractivity contribution in [2.45, 2.75) is 19.3 Å². The third-order valence-corrected chi connectivity index (χ3v) is 3.92. The molecular weight excluding hydrogens is 483 g/mol. The maximum absolute atomic E-state index is 12.5. The van der Waals surface area contributed by atoms with Gasteiger partial charge in [-0.15, -0.1) is 24.0 Å². The molecule has 0 amide bonds. The van der Waals surface area contributed by atoms with E-state index >= 15 is 0 Å². The maximum Gasteiger partial charge on any atom is 0.387 e. The zero-order valence-electron chi connectivity index (χ0n) is 15.2. The van der Waals surface area contributed by atoms with Crippen molar-refractivity contribution in [2.75, 3.05) is 20.2 Å². The van der Waals surface area contributed by atoms with Crippen molar-refractivity contribution in [3.63, 3.8) is 0 Å². The van der Waals surface area contributed by atoms with Gasteiger partial charge in [-0.1, -0.05) is 30.3 Å². The summed E-state index contributed by atoms with van der Waals surface area (Å²) in [5, 5.41) is 6.22. The second-order valence-corrected chi connectivity index (χ2v) is 5.79. The zero-order chi connectivity index (χ0) is 19.1. The second-order valence-electron chi connectivity index (χ2n) is 5.79. The molecule has 2 N–H and O–H groups in total. The number of nitrogens with one attached hydrogen (secondary N) is 2. The van der Waals surface area contributed by atoms with Crippen LogP contribution in [0.3, 0.4) is 0 Å². The van der Waals surface area contributed by atoms with E-state index in [1.807, 2.05) is 24.3 Å². The summed E-state index contributed by atoms with van der Waals surface area (Å²) in [6.45, 7) is -1.68. The van der Waals surface area contributed by atoms with Gasteiger partial charge in [0.15, 0.2) is 17.5 Å². The molecule has 0 aliphatic carbocycles. The molecule has 1 aliphatic rings. The minimum Gasteiger partial charge on any atom is -0.486 e. The fourth-order valence-corrected chi connectivity index (χ4v) is 2.63. The number of guanidine groups is 1. The van der Waals surface area contributed by atoms with Gasteiger partial charge in [-0.25, -0.2) is 0 Å². The van der Waals surface area contributed by atoms with Crippen molar-refractivity contribution in [3.8, 4) is 17.2 Å². The fraction of sp³-hybridized carbons (Fsp3) is 0.316. The van der Waals surface area contributed by atoms with Crippen LogP contribution in [0.25, 0.3) is 0 Å². The number of alkyl halides is 2. The number of nitrogens with zero attached hydrogens (tertiary/aromatic N) is 1. The van der Waals surface area contributed by atoms with Crippen LogP contribution < -0.4 is 24.8 Å². The lowest BCUT2D eigenvalue weighted by Crippen LogP contribution is -2.45. The van der Waals surface area contributed by atoms with Gasteiger partial charge < -0.3 is 24.8 Å². The summed E-state index contributed by atoms with van der Waals surface area (Å²) in [6, 6.07) is 14.1. The van der Waals surface area contributed by atoms with Gasteiger partial charge in [-0.2, -0.15) is 8.78 Å². The van der Waals surface area contributed by atoms with Crippen LogP contribution in [0.5, 0.6) is 17.2 Å². The molecule has 0 saturated carbocycles. The highest BCUT2D eigenvalue weighted by Gasteiger charge is 2.20. The Morgan fingerprint density at radius 2 is 1.86 bits per heavy atom. The molecule has 9 heteroatoms. The minimum atomic E-state index is -2.87. The molecule has 2 aromatic carbocycles. The van der Waals surface area contributed by atoms with E-state index in [1.165, 1.54) is 6.07 Å². The molecule has 0 radical (unpaired) electrons. The van der Waals surface area contributed by atoms with Crippen molar-refractivity contribution in [1.29, 1.82) is 0 Å². The molecule has 1 unspecified atom stereocenters. The molecule has 2 aromatic rings. The molecule has 0 aromatic heterocycles. The molecule has 6 nitrogen and oxygen atoms in total. The Labute approximate surface area is 179 Å². The van der Waals surface area contributed by atoms with Crippen molar-refractivity contribution in [2.24, 2.45) is 4.99 Å². The molecule has 0 spiro atoms. The number of ether oxygens (including phenoxy) is 3. The van der Waals surface area contributed by atoms with Crippen LogP contribution in [0.4, 0.5) is 8.78 Å². The molecule has 0 bridgehead atoms. The zero-order valence-corrected chi connectivity index (χ0v) is 17.6. The predicted molar refractivity (Wildman–Crippen MR) is 113 cm³/mol. The van der Waals surface area contributed by atoms with E-state index in [4.69, 9.17) is 9.47 Å². The van der Waals surface area contributed by atoms with Gasteiger partial charge in [0.2, 0.25) is 0 Å². The van der Waals surface area contributed by atoms with Crippen molar-refractivity contribution >= 4 is 29.9 Å². The van der Waals surface area contributed by atoms with Crippen LogP contribution in [0.2, 0.25) is 0 Å². The first-order chi connectivity index (χ1) is 13.2. The van der Waals surface area contributed by atoms with Gasteiger partial charge in [0.1, 0.15) is 18.5 Å². The highest BCUT2D eigenvalue weighted by molar-refractivity contribution is 14.0. The Bertz CT molecular complexity index is 793. The Morgan fingerprint density at radius 3 is 2.61 bits per heavy atom. The molecule has 1 atom stereocenters. The van der Waals surface area contributed by atoms with E-state index in [2.05, 4.69) is 20.4 Å². The van der Waals surface area contributed by atoms with Crippen molar-refractivity contribution in [3.05, 3.63) is 54.1 Å². The van der Waals surface area contributed by atoms with E-state index in [0.717, 1.165) is 5.75 Å². The quantitative estimate of drug-likeness (QED) is 0.358. The summed E-state index contributed by atoms with van der Waals surface area (Å²) >= 11 is 0. The number of rotatable bonds is 6. The number of aliphatic imine (C=N–C) groups is 1. The Kier molecular flexibility index (Phi) is 8.55. The van der Waals surface area contributed by atoms with Crippen LogP contribution >= 0.6 is 24.0 Å². The first kappa shape index (κ1) is 22.0. The smallest absolute Gasteiger partial charge is 0.387 e. The van der Waals surface area contributed by atoms with E-state index in [9.17, 15) is 8.78 Å². The molecule has 152 valence electrons. The number of fused-ring (bicyclic) bond motifs is 1. The number of para-hydroxylation sites is 3. The average Bonchev–Trinajstić information content (AvgIpc) is 2.68. The number of benzene rings is 2. The third-order valence-electron chi connectivity index (χ3n) is 3.92. The first-order valence-electron chi connectivity index (χ1n) is 8.51. The summed E-state index contributed by atoms with van der Waals surface area (Å²) in [5.74, 6) is 2.09. The number of halogens is 3. The van der Waals surface area contributed by atoms with Gasteiger partial charge in [0.05, 0.1) is 6.54 Å². The monoisotopic (exact) mass is 505 g/mol. The largest absolute Gasteiger partial charge is 0.486 e. The van der Waals surface area contributed by atoms with Crippen molar-refractivity contribution < 1.29 is 23.0 Å². The van der Waals surface area contributed by atoms with Gasteiger partial charge in [-0.05, 0) is 18.2 Å². The average molecular weight is 505 g/mol. The van der Waals surface area contributed by atoms with E-state index in [1.54, 1.807) is 25.2 Å². The number of hydrogen-bond donors (Lipinski definition) is 2. The second kappa shape index (κ2) is 10.9. The van der Waals surface area contributed by atoms with E-state index in [-0.39, 0.29) is 42.4 Å². The topological polar surface area (TPSA) is 64.1 Å². The van der Waals surface area contributed by atoms with Crippen LogP contribution in [-0.4, -0.2) is 38.9 Å². The summed E-state index contributed by atoms with van der Waals surface area (Å²) in [5.41, 5.74) is 0.604. The van der Waals surface area contributed by atoms with Crippen molar-refractivity contribution in [1.82, 2.24) is 10.6 Å². The lowest BCUT2D eigenvalue weighted by atomic mass is 10.2. The fourth-order valence-electron chi connectivity index (χ4n) is 2.63. The Balaban J connectivity index is 0.00000280. The SMILES string of the molecule is CN=C(NCc1ccccc1OC(F)F)NCC1COc2ccccc2O1.I. The normalized spacial score (nSPS) is 15.6. The van der Waals surface area contributed by atoms with E-state index < -0.39 is 6.61 Å². The highest BCUT2D eigenvalue weighted by atomic mass is 127. The first-order valence-corrected chi connectivity index (χ1v) is 8.51. The van der Waals surface area contributed by atoms with Crippen LogP contribution in [0.15, 0.2) is 53.5 Å². The van der Waals surface area contributed by atoms with Crippen LogP contribution in [-0.2, 0) is 6.54 Å². The molecule has 28 heavy (non-hydrogen) atoms. The molecule has 3 rings (SSSR count). The molecule has 1 aliphatic heterocycles. The van der Waals surface area contributed by atoms with Crippen LogP contribution in [0.1, 0.15) is 5.56 Å². The Hall–Kier alpha value is -2.30. The summed E-state index contributed by atoms with van der Waals surface area (Å²) in [6.07, 6.45) is -0.173. The molecular formula is C19H22F2IN3O3. The Morgan fingerprint density at radius 1 is 1.14 bits per heavy atom. The maximum atomic E-state index is 12.5. The molecule has 0 saturated heterocycles. The predicted octanol–water partition coefficient (Wildman–Crippen LogP) is 3.41. The lowest BCUT2D eigenvalue weighted by molar-refractivity contribution is -0.0504. The summed E-state index contributed by atoms with van der Waals surface area (Å²) in [7, 11) is 1.63. The molecule has 0 fully saturated rings. The van der Waals surface area contributed by atoms with Gasteiger partial charge >= 0.3 is 6.61 Å². The summed E-state index contributed by atoms with van der Waals surface area (Å²) in [4.78, 5) is 4.13. The lowest BCUT2D eigenvalue weighted by Gasteiger charge is -2.27. The standard InChI is InChI=1S/C19H21F2N3O3.HI/c1-22-19(23-10-13-6-2-3-7-15(13)27-18(20)21)24-11-14-12-25-16-8-4-5-9-17(16)26-14;/h2-9,14,18H,10-12H2,1H3,(H2,22,23,24);1H. The van der Waals surface area contributed by atoms with Gasteiger partial charge in [0, 0.05) is 19.2 Å².